The molecule has 0 saturated carbocycles. The zero-order valence-electron chi connectivity index (χ0n) is 13.2. The van der Waals surface area contributed by atoms with Gasteiger partial charge in [-0.15, -0.1) is 0 Å². The number of nitrogens with zero attached hydrogens (tertiary/aromatic N) is 2. The minimum atomic E-state index is -0.0446. The molecule has 118 valence electrons. The monoisotopic (exact) mass is 308 g/mol. The Hall–Kier alpha value is -2.80. The molecule has 0 fully saturated rings. The third-order valence-electron chi connectivity index (χ3n) is 3.37. The Morgan fingerprint density at radius 2 is 1.91 bits per heavy atom. The van der Waals surface area contributed by atoms with Crippen LogP contribution in [0.2, 0.25) is 0 Å². The van der Waals surface area contributed by atoms with E-state index in [0.717, 1.165) is 16.9 Å². The van der Waals surface area contributed by atoms with Crippen LogP contribution in [0.5, 0.6) is 5.75 Å². The maximum Gasteiger partial charge on any atom is 0.251 e. The quantitative estimate of drug-likeness (QED) is 0.732. The molecular formula is C19H20N2O2. The highest BCUT2D eigenvalue weighted by atomic mass is 16.5. The molecule has 1 aromatic carbocycles. The lowest BCUT2D eigenvalue weighted by atomic mass is 10.1. The molecule has 0 atom stereocenters. The van der Waals surface area contributed by atoms with E-state index >= 15 is 0 Å². The van der Waals surface area contributed by atoms with Gasteiger partial charge in [0.1, 0.15) is 5.75 Å². The molecule has 0 radical (unpaired) electrons. The van der Waals surface area contributed by atoms with Gasteiger partial charge in [-0.25, -0.2) is 0 Å². The van der Waals surface area contributed by atoms with Crippen LogP contribution in [0.25, 0.3) is 12.2 Å². The largest absolute Gasteiger partial charge is 0.494 e. The van der Waals surface area contributed by atoms with Crippen molar-refractivity contribution >= 4 is 12.2 Å². The minimum absolute atomic E-state index is 0.0446. The number of aromatic nitrogens is 1. The first-order valence-corrected chi connectivity index (χ1v) is 7.71. The van der Waals surface area contributed by atoms with Crippen LogP contribution in [0.3, 0.4) is 0 Å². The zero-order chi connectivity index (χ0) is 16.5. The fourth-order valence-electron chi connectivity index (χ4n) is 2.17. The van der Waals surface area contributed by atoms with E-state index in [4.69, 9.17) is 10.00 Å². The van der Waals surface area contributed by atoms with Crippen molar-refractivity contribution in [3.05, 3.63) is 64.1 Å². The minimum Gasteiger partial charge on any atom is -0.494 e. The van der Waals surface area contributed by atoms with Crippen molar-refractivity contribution in [2.75, 3.05) is 6.61 Å². The summed E-state index contributed by atoms with van der Waals surface area (Å²) in [5.74, 6) is 0.851. The second-order valence-corrected chi connectivity index (χ2v) is 5.09. The number of ether oxygens (including phenoxy) is 1. The van der Waals surface area contributed by atoms with E-state index in [1.165, 1.54) is 0 Å². The fourth-order valence-corrected chi connectivity index (χ4v) is 2.17. The first-order valence-electron chi connectivity index (χ1n) is 7.71. The maximum atomic E-state index is 12.0. The Morgan fingerprint density at radius 1 is 1.17 bits per heavy atom. The number of hydrogen-bond donors (Lipinski definition) is 0. The first-order chi connectivity index (χ1) is 11.2. The molecule has 2 aromatic rings. The summed E-state index contributed by atoms with van der Waals surface area (Å²) in [6, 6.07) is 13.4. The van der Waals surface area contributed by atoms with Crippen LogP contribution in [0.4, 0.5) is 0 Å². The van der Waals surface area contributed by atoms with Crippen molar-refractivity contribution in [2.45, 2.75) is 26.3 Å². The highest BCUT2D eigenvalue weighted by Crippen LogP contribution is 2.14. The molecule has 0 amide bonds. The van der Waals surface area contributed by atoms with Gasteiger partial charge in [0, 0.05) is 25.2 Å². The van der Waals surface area contributed by atoms with Crippen molar-refractivity contribution in [1.29, 1.82) is 5.26 Å². The SMILES string of the molecule is CCOc1ccc(/C=C/c2ccn(CCCC#N)c(=O)c2)cc1. The van der Waals surface area contributed by atoms with Gasteiger partial charge in [-0.2, -0.15) is 5.26 Å². The predicted molar refractivity (Wildman–Crippen MR) is 92.1 cm³/mol. The van der Waals surface area contributed by atoms with E-state index in [9.17, 15) is 4.79 Å². The van der Waals surface area contributed by atoms with Crippen LogP contribution < -0.4 is 10.3 Å². The topological polar surface area (TPSA) is 55.0 Å². The highest BCUT2D eigenvalue weighted by molar-refractivity contribution is 5.69. The van der Waals surface area contributed by atoms with Crippen LogP contribution in [-0.2, 0) is 6.54 Å². The summed E-state index contributed by atoms with van der Waals surface area (Å²) in [7, 11) is 0. The van der Waals surface area contributed by atoms with Gasteiger partial charge in [0.2, 0.25) is 0 Å². The number of unbranched alkanes of at least 4 members (excludes halogenated alkanes) is 1. The molecular weight excluding hydrogens is 288 g/mol. The van der Waals surface area contributed by atoms with E-state index in [2.05, 4.69) is 6.07 Å². The van der Waals surface area contributed by atoms with Crippen molar-refractivity contribution < 1.29 is 4.74 Å². The molecule has 0 unspecified atom stereocenters. The number of hydrogen-bond acceptors (Lipinski definition) is 3. The summed E-state index contributed by atoms with van der Waals surface area (Å²) in [5.41, 5.74) is 1.86. The smallest absolute Gasteiger partial charge is 0.251 e. The second kappa shape index (κ2) is 8.60. The highest BCUT2D eigenvalue weighted by Gasteiger charge is 1.97. The Kier molecular flexibility index (Phi) is 6.19. The van der Waals surface area contributed by atoms with Crippen LogP contribution in [-0.4, -0.2) is 11.2 Å². The Balaban J connectivity index is 2.03. The van der Waals surface area contributed by atoms with Gasteiger partial charge in [0.05, 0.1) is 12.7 Å². The number of aryl methyl sites for hydroxylation is 1. The molecule has 0 aliphatic heterocycles. The number of pyridine rings is 1. The first kappa shape index (κ1) is 16.6. The normalized spacial score (nSPS) is 10.6. The Labute approximate surface area is 136 Å². The lowest BCUT2D eigenvalue weighted by Gasteiger charge is -2.04. The van der Waals surface area contributed by atoms with Crippen molar-refractivity contribution in [1.82, 2.24) is 4.57 Å². The summed E-state index contributed by atoms with van der Waals surface area (Å²) in [5, 5.41) is 8.53. The van der Waals surface area contributed by atoms with Crippen molar-refractivity contribution in [3.8, 4) is 11.8 Å². The molecule has 0 saturated heterocycles. The summed E-state index contributed by atoms with van der Waals surface area (Å²) in [4.78, 5) is 12.0. The predicted octanol–water partition coefficient (Wildman–Crippen LogP) is 3.72. The van der Waals surface area contributed by atoms with E-state index in [-0.39, 0.29) is 5.56 Å². The van der Waals surface area contributed by atoms with Gasteiger partial charge in [-0.05, 0) is 42.7 Å². The molecule has 4 heteroatoms. The molecule has 0 aliphatic rings. The van der Waals surface area contributed by atoms with E-state index in [1.54, 1.807) is 16.8 Å². The third-order valence-corrected chi connectivity index (χ3v) is 3.37. The van der Waals surface area contributed by atoms with Crippen LogP contribution in [0.15, 0.2) is 47.4 Å². The molecule has 1 aromatic heterocycles. The van der Waals surface area contributed by atoms with Crippen LogP contribution in [0, 0.1) is 11.3 Å². The van der Waals surface area contributed by atoms with E-state index in [1.807, 2.05) is 49.4 Å². The molecule has 2 rings (SSSR count). The Morgan fingerprint density at radius 3 is 2.57 bits per heavy atom. The van der Waals surface area contributed by atoms with E-state index < -0.39 is 0 Å². The van der Waals surface area contributed by atoms with Gasteiger partial charge >= 0.3 is 0 Å². The van der Waals surface area contributed by atoms with Gasteiger partial charge in [0.25, 0.3) is 5.56 Å². The Bertz CT molecular complexity index is 752. The van der Waals surface area contributed by atoms with Crippen molar-refractivity contribution in [2.24, 2.45) is 0 Å². The van der Waals surface area contributed by atoms with Gasteiger partial charge in [-0.1, -0.05) is 24.3 Å². The third kappa shape index (κ3) is 5.15. The lowest BCUT2D eigenvalue weighted by Crippen LogP contribution is -2.18. The average Bonchev–Trinajstić information content (AvgIpc) is 2.56. The summed E-state index contributed by atoms with van der Waals surface area (Å²) in [6.07, 6.45) is 6.81. The molecule has 0 aliphatic carbocycles. The fraction of sp³-hybridized carbons (Fsp3) is 0.263. The average molecular weight is 308 g/mol. The summed E-state index contributed by atoms with van der Waals surface area (Å²) in [6.45, 7) is 3.19. The molecule has 1 heterocycles. The molecule has 0 spiro atoms. The molecule has 4 nitrogen and oxygen atoms in total. The number of benzene rings is 1. The lowest BCUT2D eigenvalue weighted by molar-refractivity contribution is 0.340. The molecule has 0 bridgehead atoms. The van der Waals surface area contributed by atoms with Crippen LogP contribution in [0.1, 0.15) is 30.9 Å². The van der Waals surface area contributed by atoms with Crippen molar-refractivity contribution in [3.63, 3.8) is 0 Å². The van der Waals surface area contributed by atoms with E-state index in [0.29, 0.717) is 26.0 Å². The zero-order valence-corrected chi connectivity index (χ0v) is 13.2. The second-order valence-electron chi connectivity index (χ2n) is 5.09. The van der Waals surface area contributed by atoms with Gasteiger partial charge < -0.3 is 9.30 Å². The summed E-state index contributed by atoms with van der Waals surface area (Å²) >= 11 is 0. The van der Waals surface area contributed by atoms with Gasteiger partial charge in [0.15, 0.2) is 0 Å². The number of nitriles is 1. The molecule has 23 heavy (non-hydrogen) atoms. The summed E-state index contributed by atoms with van der Waals surface area (Å²) < 4.78 is 7.04. The maximum absolute atomic E-state index is 12.0. The molecule has 0 N–H and O–H groups in total. The number of rotatable bonds is 7. The van der Waals surface area contributed by atoms with Crippen LogP contribution >= 0.6 is 0 Å². The standard InChI is InChI=1S/C19H20N2O2/c1-2-23-18-9-7-16(8-10-18)5-6-17-11-14-21(19(22)15-17)13-4-3-12-20/h5-11,14-15H,2-4,13H2,1H3/b6-5+. The van der Waals surface area contributed by atoms with Gasteiger partial charge in [-0.3, -0.25) is 4.79 Å².